The fourth-order valence-electron chi connectivity index (χ4n) is 5.13. The van der Waals surface area contributed by atoms with Crippen molar-refractivity contribution in [1.82, 2.24) is 15.5 Å². The highest BCUT2D eigenvalue weighted by atomic mass is 16.5. The first-order valence-corrected chi connectivity index (χ1v) is 13.2. The quantitative estimate of drug-likeness (QED) is 0.268. The average Bonchev–Trinajstić information content (AvgIpc) is 2.95. The number of amides is 2. The molecule has 0 radical (unpaired) electrons. The van der Waals surface area contributed by atoms with Gasteiger partial charge in [0.2, 0.25) is 0 Å². The third-order valence-corrected chi connectivity index (χ3v) is 7.04. The number of nitrogens with zero attached hydrogens (tertiary/aromatic N) is 1. The zero-order valence-corrected chi connectivity index (χ0v) is 23.2. The van der Waals surface area contributed by atoms with Crippen LogP contribution in [0.4, 0.5) is 10.5 Å². The Morgan fingerprint density at radius 2 is 1.73 bits per heavy atom. The lowest BCUT2D eigenvalue weighted by atomic mass is 9.80. The molecule has 2 aromatic rings. The SMILES string of the molecule is COc1ccccc1C1=CCN(CCCNC(=O)Nc2cccc(C3C(C(=O)O)=C(C)NC(C)=C3C(=O)O)c2)C=C1. The number of para-hydroxylation sites is 1. The van der Waals surface area contributed by atoms with Crippen molar-refractivity contribution >= 4 is 29.2 Å². The van der Waals surface area contributed by atoms with Gasteiger partial charge in [-0.05, 0) is 61.9 Å². The van der Waals surface area contributed by atoms with Gasteiger partial charge in [0, 0.05) is 42.3 Å². The molecule has 4 rings (SSSR count). The maximum atomic E-state index is 12.6. The maximum Gasteiger partial charge on any atom is 0.334 e. The molecular weight excluding hydrogens is 524 g/mol. The van der Waals surface area contributed by atoms with Gasteiger partial charge in [-0.25, -0.2) is 14.4 Å². The summed E-state index contributed by atoms with van der Waals surface area (Å²) in [7, 11) is 1.66. The Bertz CT molecular complexity index is 1440. The molecule has 2 heterocycles. The summed E-state index contributed by atoms with van der Waals surface area (Å²) >= 11 is 0. The molecule has 0 spiro atoms. The van der Waals surface area contributed by atoms with E-state index in [0.717, 1.165) is 36.4 Å². The minimum atomic E-state index is -1.21. The molecule has 2 aliphatic heterocycles. The number of ether oxygens (including phenoxy) is 1. The number of carbonyl (C=O) groups is 3. The molecular formula is C31H34N4O6. The molecule has 0 saturated heterocycles. The number of dihydropyridines is 1. The minimum absolute atomic E-state index is 0.0498. The standard InChI is InChI=1S/C31H34N4O6/c1-19-26(29(36)37)28(27(30(38)39)20(2)33-19)22-8-6-9-23(18-22)34-31(40)32-14-7-15-35-16-12-21(13-17-35)24-10-4-5-11-25(24)41-3/h4-6,8-13,16,18,28,33H,7,14-15,17H2,1-3H3,(H,36,37)(H,38,39)(H2,32,34,40). The van der Waals surface area contributed by atoms with E-state index in [-0.39, 0.29) is 11.1 Å². The van der Waals surface area contributed by atoms with Crippen molar-refractivity contribution in [3.05, 3.63) is 101 Å². The number of carbonyl (C=O) groups excluding carboxylic acids is 1. The van der Waals surface area contributed by atoms with Crippen molar-refractivity contribution < 1.29 is 29.3 Å². The van der Waals surface area contributed by atoms with E-state index in [4.69, 9.17) is 4.74 Å². The topological polar surface area (TPSA) is 140 Å². The Balaban J connectivity index is 1.32. The van der Waals surface area contributed by atoms with Crippen LogP contribution < -0.4 is 20.7 Å². The lowest BCUT2D eigenvalue weighted by Gasteiger charge is -2.29. The number of anilines is 1. The van der Waals surface area contributed by atoms with Crippen LogP contribution in [0.15, 0.2) is 89.4 Å². The molecule has 0 atom stereocenters. The van der Waals surface area contributed by atoms with Gasteiger partial charge in [0.15, 0.2) is 0 Å². The Labute approximate surface area is 238 Å². The number of benzene rings is 2. The Hall–Kier alpha value is -4.99. The largest absolute Gasteiger partial charge is 0.496 e. The fraction of sp³-hybridized carbons (Fsp3) is 0.258. The van der Waals surface area contributed by atoms with Crippen molar-refractivity contribution in [3.8, 4) is 5.75 Å². The number of carboxylic acids is 2. The van der Waals surface area contributed by atoms with E-state index < -0.39 is 23.9 Å². The van der Waals surface area contributed by atoms with Gasteiger partial charge in [-0.15, -0.1) is 0 Å². The molecule has 5 N–H and O–H groups in total. The summed E-state index contributed by atoms with van der Waals surface area (Å²) < 4.78 is 5.46. The van der Waals surface area contributed by atoms with Gasteiger partial charge >= 0.3 is 18.0 Å². The van der Waals surface area contributed by atoms with E-state index in [1.165, 1.54) is 0 Å². The van der Waals surface area contributed by atoms with Crippen LogP contribution in [-0.4, -0.2) is 59.8 Å². The molecule has 10 nitrogen and oxygen atoms in total. The molecule has 0 unspecified atom stereocenters. The Kier molecular flexibility index (Phi) is 9.13. The summed E-state index contributed by atoms with van der Waals surface area (Å²) in [6.45, 7) is 5.15. The second-order valence-corrected chi connectivity index (χ2v) is 9.78. The first-order chi connectivity index (χ1) is 19.7. The van der Waals surface area contributed by atoms with E-state index in [9.17, 15) is 24.6 Å². The molecule has 0 bridgehead atoms. The monoisotopic (exact) mass is 558 g/mol. The number of carboxylic acid groups (broad SMARTS) is 2. The average molecular weight is 559 g/mol. The zero-order valence-electron chi connectivity index (χ0n) is 23.2. The fourth-order valence-corrected chi connectivity index (χ4v) is 5.13. The molecule has 2 aliphatic rings. The summed E-state index contributed by atoms with van der Waals surface area (Å²) in [6, 6.07) is 14.1. The normalized spacial score (nSPS) is 15.3. The van der Waals surface area contributed by atoms with Crippen LogP contribution in [-0.2, 0) is 9.59 Å². The van der Waals surface area contributed by atoms with Crippen molar-refractivity contribution in [2.45, 2.75) is 26.2 Å². The molecule has 0 aromatic heterocycles. The van der Waals surface area contributed by atoms with Crippen LogP contribution in [0.5, 0.6) is 5.75 Å². The van der Waals surface area contributed by atoms with Crippen LogP contribution in [0.3, 0.4) is 0 Å². The number of urea groups is 1. The molecule has 2 aromatic carbocycles. The van der Waals surface area contributed by atoms with Crippen LogP contribution in [0, 0.1) is 0 Å². The van der Waals surface area contributed by atoms with Crippen LogP contribution in [0.25, 0.3) is 5.57 Å². The number of nitrogens with one attached hydrogen (secondary N) is 3. The summed E-state index contributed by atoms with van der Waals surface area (Å²) in [5.41, 5.74) is 3.67. The molecule has 0 aliphatic carbocycles. The number of allylic oxidation sites excluding steroid dienone is 4. The van der Waals surface area contributed by atoms with Gasteiger partial charge in [-0.3, -0.25) is 0 Å². The summed E-state index contributed by atoms with van der Waals surface area (Å²) in [4.78, 5) is 38.8. The third kappa shape index (κ3) is 6.78. The molecule has 2 amide bonds. The van der Waals surface area contributed by atoms with Crippen molar-refractivity contribution in [2.75, 3.05) is 32.1 Å². The predicted octanol–water partition coefficient (Wildman–Crippen LogP) is 4.52. The van der Waals surface area contributed by atoms with Crippen LogP contribution in [0.1, 0.15) is 37.3 Å². The Morgan fingerprint density at radius 3 is 2.37 bits per heavy atom. The van der Waals surface area contributed by atoms with Crippen LogP contribution in [0.2, 0.25) is 0 Å². The van der Waals surface area contributed by atoms with Gasteiger partial charge in [-0.1, -0.05) is 36.4 Å². The first-order valence-electron chi connectivity index (χ1n) is 13.2. The molecule has 41 heavy (non-hydrogen) atoms. The number of hydrogen-bond donors (Lipinski definition) is 5. The zero-order chi connectivity index (χ0) is 29.5. The van der Waals surface area contributed by atoms with E-state index >= 15 is 0 Å². The maximum absolute atomic E-state index is 12.6. The van der Waals surface area contributed by atoms with E-state index in [1.807, 2.05) is 30.5 Å². The molecule has 0 fully saturated rings. The highest BCUT2D eigenvalue weighted by molar-refractivity contribution is 5.98. The summed E-state index contributed by atoms with van der Waals surface area (Å²) in [6.07, 6.45) is 6.96. The second kappa shape index (κ2) is 12.9. The number of hydrogen-bond acceptors (Lipinski definition) is 6. The highest BCUT2D eigenvalue weighted by Gasteiger charge is 2.36. The lowest BCUT2D eigenvalue weighted by Crippen LogP contribution is -2.32. The Morgan fingerprint density at radius 1 is 1.02 bits per heavy atom. The van der Waals surface area contributed by atoms with Gasteiger partial charge in [0.05, 0.1) is 24.2 Å². The first kappa shape index (κ1) is 29.0. The predicted molar refractivity (Wildman–Crippen MR) is 156 cm³/mol. The number of methoxy groups -OCH3 is 1. The van der Waals surface area contributed by atoms with Gasteiger partial charge in [-0.2, -0.15) is 0 Å². The molecule has 10 heteroatoms. The summed E-state index contributed by atoms with van der Waals surface area (Å²) in [5, 5.41) is 28.1. The van der Waals surface area contributed by atoms with Crippen molar-refractivity contribution in [2.24, 2.45) is 0 Å². The van der Waals surface area contributed by atoms with Gasteiger partial charge in [0.25, 0.3) is 0 Å². The van der Waals surface area contributed by atoms with E-state index in [2.05, 4.69) is 33.0 Å². The number of aliphatic carboxylic acids is 2. The highest BCUT2D eigenvalue weighted by Crippen LogP contribution is 2.39. The molecule has 0 saturated carbocycles. The minimum Gasteiger partial charge on any atom is -0.496 e. The lowest BCUT2D eigenvalue weighted by molar-refractivity contribution is -0.133. The van der Waals surface area contributed by atoms with E-state index in [0.29, 0.717) is 29.2 Å². The van der Waals surface area contributed by atoms with Gasteiger partial charge < -0.3 is 35.8 Å². The molecule has 214 valence electrons. The smallest absolute Gasteiger partial charge is 0.334 e. The van der Waals surface area contributed by atoms with Crippen LogP contribution >= 0.6 is 0 Å². The number of rotatable bonds is 10. The van der Waals surface area contributed by atoms with E-state index in [1.54, 1.807) is 45.2 Å². The van der Waals surface area contributed by atoms with Crippen molar-refractivity contribution in [3.63, 3.8) is 0 Å². The van der Waals surface area contributed by atoms with Gasteiger partial charge in [0.1, 0.15) is 5.75 Å². The van der Waals surface area contributed by atoms with Crippen molar-refractivity contribution in [1.29, 1.82) is 0 Å². The second-order valence-electron chi connectivity index (χ2n) is 9.78. The summed E-state index contributed by atoms with van der Waals surface area (Å²) in [5.74, 6) is -2.59. The third-order valence-electron chi connectivity index (χ3n) is 7.04.